The highest BCUT2D eigenvalue weighted by Crippen LogP contribution is 2.56. The van der Waals surface area contributed by atoms with Crippen molar-refractivity contribution in [2.75, 3.05) is 0 Å². The zero-order valence-corrected chi connectivity index (χ0v) is 32.3. The molecule has 0 atom stereocenters. The van der Waals surface area contributed by atoms with Crippen molar-refractivity contribution in [3.05, 3.63) is 253 Å². The molecule has 1 heterocycles. The monoisotopic (exact) mass is 750 g/mol. The third kappa shape index (κ3) is 5.80. The second-order valence-corrected chi connectivity index (χ2v) is 15.3. The first-order chi connectivity index (χ1) is 29.3. The van der Waals surface area contributed by atoms with E-state index in [1.54, 1.807) is 0 Å². The summed E-state index contributed by atoms with van der Waals surface area (Å²) in [4.78, 5) is 10.2. The summed E-state index contributed by atoms with van der Waals surface area (Å²) in [5, 5.41) is 2.33. The average Bonchev–Trinajstić information content (AvgIpc) is 3.62. The molecule has 11 rings (SSSR count). The van der Waals surface area contributed by atoms with Crippen LogP contribution in [0.25, 0.3) is 78.1 Å². The summed E-state index contributed by atoms with van der Waals surface area (Å²) in [7, 11) is 0. The van der Waals surface area contributed by atoms with Crippen molar-refractivity contribution in [2.24, 2.45) is 0 Å². The lowest BCUT2D eigenvalue weighted by Gasteiger charge is -2.33. The summed E-state index contributed by atoms with van der Waals surface area (Å²) >= 11 is 0. The highest BCUT2D eigenvalue weighted by Gasteiger charge is 2.45. The van der Waals surface area contributed by atoms with Crippen LogP contribution in [0.3, 0.4) is 0 Å². The summed E-state index contributed by atoms with van der Waals surface area (Å²) in [5.74, 6) is 0.713. The van der Waals surface area contributed by atoms with Gasteiger partial charge in [0.15, 0.2) is 5.82 Å². The smallest absolute Gasteiger partial charge is 0.160 e. The van der Waals surface area contributed by atoms with E-state index in [0.29, 0.717) is 5.82 Å². The van der Waals surface area contributed by atoms with E-state index in [9.17, 15) is 0 Å². The van der Waals surface area contributed by atoms with Crippen LogP contribution in [-0.2, 0) is 5.41 Å². The molecule has 0 saturated heterocycles. The lowest BCUT2D eigenvalue weighted by Crippen LogP contribution is -2.28. The molecule has 0 aliphatic heterocycles. The van der Waals surface area contributed by atoms with Gasteiger partial charge in [0.25, 0.3) is 0 Å². The number of hydrogen-bond donors (Lipinski definition) is 0. The van der Waals surface area contributed by atoms with Gasteiger partial charge in [0.05, 0.1) is 16.8 Å². The maximum atomic E-state index is 5.19. The molecule has 276 valence electrons. The third-order valence-electron chi connectivity index (χ3n) is 12.0. The molecule has 0 radical (unpaired) electrons. The van der Waals surface area contributed by atoms with Crippen LogP contribution in [0, 0.1) is 0 Å². The standard InChI is InChI=1S/C57H38N2/c1-5-18-39(19-6-1)54-38-55(59-56(58-54)40-20-7-2-8-21-40)50-34-33-46(47-28-13-14-29-48(47)50)43-23-17-22-41(36-43)42-32-35-53-51(37-42)49-30-15-16-31-52(49)57(53,44-24-9-3-10-25-44)45-26-11-4-12-27-45/h1-38H. The van der Waals surface area contributed by atoms with Gasteiger partial charge in [-0.3, -0.25) is 0 Å². The molecule has 59 heavy (non-hydrogen) atoms. The molecule has 2 heteroatoms. The Balaban J connectivity index is 1.03. The van der Waals surface area contributed by atoms with Gasteiger partial charge in [-0.2, -0.15) is 0 Å². The largest absolute Gasteiger partial charge is 0.228 e. The molecule has 0 unspecified atom stereocenters. The van der Waals surface area contributed by atoms with Gasteiger partial charge in [-0.25, -0.2) is 9.97 Å². The molecule has 0 fully saturated rings. The average molecular weight is 751 g/mol. The maximum absolute atomic E-state index is 5.19. The quantitative estimate of drug-likeness (QED) is 0.162. The molecule has 0 bridgehead atoms. The second kappa shape index (κ2) is 14.4. The fraction of sp³-hybridized carbons (Fsp3) is 0.0175. The van der Waals surface area contributed by atoms with Crippen LogP contribution in [0.1, 0.15) is 22.3 Å². The van der Waals surface area contributed by atoms with Gasteiger partial charge < -0.3 is 0 Å². The van der Waals surface area contributed by atoms with Gasteiger partial charge in [-0.15, -0.1) is 0 Å². The number of rotatable bonds is 7. The Hall–Kier alpha value is -7.68. The van der Waals surface area contributed by atoms with Crippen LogP contribution >= 0.6 is 0 Å². The molecule has 0 saturated carbocycles. The van der Waals surface area contributed by atoms with Gasteiger partial charge in [0.1, 0.15) is 0 Å². The van der Waals surface area contributed by atoms with E-state index in [1.807, 2.05) is 24.3 Å². The van der Waals surface area contributed by atoms with E-state index in [4.69, 9.17) is 9.97 Å². The van der Waals surface area contributed by atoms with Crippen LogP contribution < -0.4 is 0 Å². The number of aromatic nitrogens is 2. The molecule has 2 nitrogen and oxygen atoms in total. The Morgan fingerprint density at radius 3 is 1.49 bits per heavy atom. The Morgan fingerprint density at radius 2 is 0.780 bits per heavy atom. The predicted octanol–water partition coefficient (Wildman–Crippen LogP) is 14.3. The van der Waals surface area contributed by atoms with E-state index < -0.39 is 5.41 Å². The van der Waals surface area contributed by atoms with Gasteiger partial charge in [-0.1, -0.05) is 212 Å². The van der Waals surface area contributed by atoms with E-state index in [-0.39, 0.29) is 0 Å². The number of nitrogens with zero attached hydrogens (tertiary/aromatic N) is 2. The first-order valence-electron chi connectivity index (χ1n) is 20.2. The molecule has 9 aromatic carbocycles. The Bertz CT molecular complexity index is 3040. The lowest BCUT2D eigenvalue weighted by molar-refractivity contribution is 0.768. The summed E-state index contributed by atoms with van der Waals surface area (Å²) in [6.45, 7) is 0. The van der Waals surface area contributed by atoms with Crippen molar-refractivity contribution < 1.29 is 0 Å². The highest BCUT2D eigenvalue weighted by molar-refractivity contribution is 6.05. The van der Waals surface area contributed by atoms with Crippen LogP contribution in [0.4, 0.5) is 0 Å². The zero-order valence-electron chi connectivity index (χ0n) is 32.3. The van der Waals surface area contributed by atoms with Gasteiger partial charge in [-0.05, 0) is 84.6 Å². The minimum absolute atomic E-state index is 0.414. The fourth-order valence-electron chi connectivity index (χ4n) is 9.33. The normalized spacial score (nSPS) is 12.5. The first-order valence-corrected chi connectivity index (χ1v) is 20.2. The van der Waals surface area contributed by atoms with Gasteiger partial charge >= 0.3 is 0 Å². The number of benzene rings is 9. The predicted molar refractivity (Wildman–Crippen MR) is 244 cm³/mol. The fourth-order valence-corrected chi connectivity index (χ4v) is 9.33. The summed E-state index contributed by atoms with van der Waals surface area (Å²) < 4.78 is 0. The maximum Gasteiger partial charge on any atom is 0.160 e. The number of hydrogen-bond acceptors (Lipinski definition) is 2. The van der Waals surface area contributed by atoms with Crippen molar-refractivity contribution in [2.45, 2.75) is 5.41 Å². The first kappa shape index (κ1) is 34.6. The van der Waals surface area contributed by atoms with E-state index in [2.05, 4.69) is 206 Å². The van der Waals surface area contributed by atoms with Crippen molar-refractivity contribution in [3.8, 4) is 67.3 Å². The third-order valence-corrected chi connectivity index (χ3v) is 12.0. The molecule has 1 aliphatic carbocycles. The van der Waals surface area contributed by atoms with Crippen LogP contribution in [-0.4, -0.2) is 9.97 Å². The molecule has 1 aliphatic rings. The molecule has 0 spiro atoms. The van der Waals surface area contributed by atoms with E-state index in [0.717, 1.165) is 33.5 Å². The molecule has 0 amide bonds. The summed E-state index contributed by atoms with van der Waals surface area (Å²) in [6.07, 6.45) is 0. The van der Waals surface area contributed by atoms with Crippen LogP contribution in [0.15, 0.2) is 231 Å². The summed E-state index contributed by atoms with van der Waals surface area (Å²) in [6, 6.07) is 83.0. The van der Waals surface area contributed by atoms with Crippen LogP contribution in [0.5, 0.6) is 0 Å². The molecule has 10 aromatic rings. The van der Waals surface area contributed by atoms with Crippen molar-refractivity contribution in [1.29, 1.82) is 0 Å². The van der Waals surface area contributed by atoms with E-state index >= 15 is 0 Å². The highest BCUT2D eigenvalue weighted by atomic mass is 14.9. The van der Waals surface area contributed by atoms with Crippen molar-refractivity contribution >= 4 is 10.8 Å². The Morgan fingerprint density at radius 1 is 0.271 bits per heavy atom. The van der Waals surface area contributed by atoms with Crippen LogP contribution in [0.2, 0.25) is 0 Å². The van der Waals surface area contributed by atoms with Gasteiger partial charge in [0, 0.05) is 16.7 Å². The Labute approximate surface area is 344 Å². The summed E-state index contributed by atoms with van der Waals surface area (Å²) in [5.41, 5.74) is 17.0. The molecule has 0 N–H and O–H groups in total. The van der Waals surface area contributed by atoms with Crippen molar-refractivity contribution in [1.82, 2.24) is 9.97 Å². The SMILES string of the molecule is c1ccc(-c2cc(-c3ccc(-c4cccc(-c5ccc6c(c5)-c5ccccc5C6(c5ccccc5)c5ccccc5)c4)c4ccccc34)nc(-c3ccccc3)n2)cc1. The minimum Gasteiger partial charge on any atom is -0.228 e. The zero-order chi connectivity index (χ0) is 39.2. The molecular weight excluding hydrogens is 713 g/mol. The lowest BCUT2D eigenvalue weighted by atomic mass is 9.67. The second-order valence-electron chi connectivity index (χ2n) is 15.3. The topological polar surface area (TPSA) is 25.8 Å². The van der Waals surface area contributed by atoms with Gasteiger partial charge in [0.2, 0.25) is 0 Å². The van der Waals surface area contributed by atoms with E-state index in [1.165, 1.54) is 61.0 Å². The minimum atomic E-state index is -0.414. The molecule has 1 aromatic heterocycles. The van der Waals surface area contributed by atoms with Crippen molar-refractivity contribution in [3.63, 3.8) is 0 Å². The number of fused-ring (bicyclic) bond motifs is 4. The Kier molecular flexibility index (Phi) is 8.41. The molecular formula is C57H38N2.